The van der Waals surface area contributed by atoms with Crippen LogP contribution >= 0.6 is 0 Å². The number of esters is 1. The van der Waals surface area contributed by atoms with Gasteiger partial charge in [-0.25, -0.2) is 15.6 Å². The van der Waals surface area contributed by atoms with Gasteiger partial charge in [0.2, 0.25) is 11.8 Å². The number of rotatable bonds is 7. The van der Waals surface area contributed by atoms with Crippen LogP contribution in [0, 0.1) is 0 Å². The largest absolute Gasteiger partial charge is 0.508 e. The number of carbonyl (C=O) groups excluding carboxylic acids is 3. The van der Waals surface area contributed by atoms with Crippen LogP contribution in [-0.4, -0.2) is 40.2 Å². The van der Waals surface area contributed by atoms with Crippen LogP contribution in [-0.2, 0) is 19.9 Å². The third-order valence-electron chi connectivity index (χ3n) is 7.13. The van der Waals surface area contributed by atoms with Crippen LogP contribution in [0.1, 0.15) is 46.8 Å². The van der Waals surface area contributed by atoms with Crippen LogP contribution in [0.25, 0.3) is 0 Å². The van der Waals surface area contributed by atoms with Crippen molar-refractivity contribution in [1.29, 1.82) is 0 Å². The molecule has 6 rings (SSSR count). The van der Waals surface area contributed by atoms with Crippen molar-refractivity contribution in [2.45, 2.75) is 31.0 Å². The third-order valence-corrected chi connectivity index (χ3v) is 7.13. The summed E-state index contributed by atoms with van der Waals surface area (Å²) in [6.45, 7) is 2.51. The zero-order chi connectivity index (χ0) is 28.1. The Morgan fingerprint density at radius 2 is 1.52 bits per heavy atom. The Bertz CT molecular complexity index is 1540. The molecule has 6 N–H and O–H groups in total. The highest BCUT2D eigenvalue weighted by Crippen LogP contribution is 2.57. The van der Waals surface area contributed by atoms with E-state index in [1.165, 1.54) is 30.3 Å². The summed E-state index contributed by atoms with van der Waals surface area (Å²) in [5.74, 6) is -1.07. The van der Waals surface area contributed by atoms with E-state index in [0.29, 0.717) is 28.9 Å². The highest BCUT2D eigenvalue weighted by atomic mass is 16.6. The zero-order valence-corrected chi connectivity index (χ0v) is 21.4. The molecule has 1 saturated heterocycles. The molecule has 0 aromatic heterocycles. The smallest absolute Gasteiger partial charge is 0.340 e. The Labute approximate surface area is 228 Å². The lowest BCUT2D eigenvalue weighted by Crippen LogP contribution is -2.32. The number of hydrogen-bond donors (Lipinski definition) is 6. The standard InChI is InChI=1S/C29H26N4O7/c1-28(32-33-28)11-2-12-30-25(36)9-10-26(37)31-16-3-6-20-19(13-16)27(38)40-29(20)21-7-4-17(34)14-23(21)39-24-15-18(35)5-8-22(24)29/h3-10,13-15,32-35H,2,11-12H2,1H3,(H,30,36)(H,31,37)/b10-9-. The van der Waals surface area contributed by atoms with Gasteiger partial charge in [-0.15, -0.1) is 0 Å². The van der Waals surface area contributed by atoms with Gasteiger partial charge in [-0.1, -0.05) is 6.07 Å². The van der Waals surface area contributed by atoms with E-state index in [2.05, 4.69) is 21.5 Å². The van der Waals surface area contributed by atoms with Gasteiger partial charge < -0.3 is 30.3 Å². The summed E-state index contributed by atoms with van der Waals surface area (Å²) in [5, 5.41) is 25.5. The fraction of sp³-hybridized carbons (Fsp3) is 0.207. The van der Waals surface area contributed by atoms with Crippen LogP contribution in [0.15, 0.2) is 66.7 Å². The molecule has 0 unspecified atom stereocenters. The number of ether oxygens (including phenoxy) is 2. The maximum atomic E-state index is 13.2. The van der Waals surface area contributed by atoms with Gasteiger partial charge in [-0.2, -0.15) is 0 Å². The van der Waals surface area contributed by atoms with Crippen LogP contribution in [0.2, 0.25) is 0 Å². The molecule has 3 heterocycles. The fourth-order valence-corrected chi connectivity index (χ4v) is 5.06. The first-order valence-corrected chi connectivity index (χ1v) is 12.7. The highest BCUT2D eigenvalue weighted by molar-refractivity contribution is 6.05. The molecule has 2 amide bonds. The topological polar surface area (TPSA) is 178 Å². The number of benzene rings is 3. The molecule has 11 nitrogen and oxygen atoms in total. The van der Waals surface area contributed by atoms with Gasteiger partial charge in [0.25, 0.3) is 0 Å². The predicted molar refractivity (Wildman–Crippen MR) is 143 cm³/mol. The third kappa shape index (κ3) is 4.51. The summed E-state index contributed by atoms with van der Waals surface area (Å²) in [7, 11) is 0. The van der Waals surface area contributed by atoms with Crippen molar-refractivity contribution in [3.05, 3.63) is 89.0 Å². The number of amides is 2. The first-order chi connectivity index (χ1) is 19.2. The van der Waals surface area contributed by atoms with Gasteiger partial charge in [0.05, 0.1) is 11.2 Å². The molecule has 3 aromatic rings. The maximum absolute atomic E-state index is 13.2. The van der Waals surface area contributed by atoms with Gasteiger partial charge in [-0.05, 0) is 56.2 Å². The molecule has 0 saturated carbocycles. The molecule has 0 radical (unpaired) electrons. The normalized spacial score (nSPS) is 16.9. The second-order valence-electron chi connectivity index (χ2n) is 10.1. The molecule has 204 valence electrons. The lowest BCUT2D eigenvalue weighted by atomic mass is 9.77. The number of phenolic OH excluding ortho intramolecular Hbond substituents is 2. The molecule has 3 aliphatic heterocycles. The quantitative estimate of drug-likeness (QED) is 0.113. The summed E-state index contributed by atoms with van der Waals surface area (Å²) < 4.78 is 12.0. The first kappa shape index (κ1) is 25.4. The van der Waals surface area contributed by atoms with Crippen molar-refractivity contribution in [1.82, 2.24) is 16.2 Å². The maximum Gasteiger partial charge on any atom is 0.340 e. The number of nitrogens with one attached hydrogen (secondary N) is 4. The summed E-state index contributed by atoms with van der Waals surface area (Å²) in [6, 6.07) is 13.8. The number of aromatic hydroxyl groups is 2. The van der Waals surface area contributed by atoms with E-state index in [1.54, 1.807) is 24.3 Å². The molecule has 0 bridgehead atoms. The van der Waals surface area contributed by atoms with E-state index in [-0.39, 0.29) is 40.1 Å². The molecule has 40 heavy (non-hydrogen) atoms. The van der Waals surface area contributed by atoms with Crippen molar-refractivity contribution in [3.8, 4) is 23.0 Å². The molecular formula is C29H26N4O7. The van der Waals surface area contributed by atoms with Crippen LogP contribution in [0.5, 0.6) is 23.0 Å². The van der Waals surface area contributed by atoms with Crippen LogP contribution < -0.4 is 26.2 Å². The molecule has 0 aliphatic carbocycles. The lowest BCUT2D eigenvalue weighted by Gasteiger charge is -2.36. The SMILES string of the molecule is CC1(CCCNC(=O)/C=C\C(=O)Nc2ccc3c(c2)C(=O)OC32c3ccc(O)cc3Oc3cc(O)ccc32)NN1. The van der Waals surface area contributed by atoms with Gasteiger partial charge in [0.1, 0.15) is 23.0 Å². The second kappa shape index (κ2) is 9.40. The van der Waals surface area contributed by atoms with E-state index in [4.69, 9.17) is 9.47 Å². The van der Waals surface area contributed by atoms with Crippen molar-refractivity contribution in [2.75, 3.05) is 11.9 Å². The molecule has 0 atom stereocenters. The minimum atomic E-state index is -1.39. The van der Waals surface area contributed by atoms with Crippen molar-refractivity contribution < 1.29 is 34.1 Å². The minimum absolute atomic E-state index is 0.0379. The van der Waals surface area contributed by atoms with Gasteiger partial charge >= 0.3 is 5.97 Å². The predicted octanol–water partition coefficient (Wildman–Crippen LogP) is 2.88. The Kier molecular flexibility index (Phi) is 5.97. The fourth-order valence-electron chi connectivity index (χ4n) is 5.06. The minimum Gasteiger partial charge on any atom is -0.508 e. The summed E-state index contributed by atoms with van der Waals surface area (Å²) >= 11 is 0. The molecule has 1 fully saturated rings. The van der Waals surface area contributed by atoms with E-state index >= 15 is 0 Å². The highest BCUT2D eigenvalue weighted by Gasteiger charge is 2.53. The molecule has 3 aliphatic rings. The van der Waals surface area contributed by atoms with Crippen molar-refractivity contribution in [3.63, 3.8) is 0 Å². The van der Waals surface area contributed by atoms with E-state index < -0.39 is 17.5 Å². The Morgan fingerprint density at radius 1 is 0.900 bits per heavy atom. The summed E-state index contributed by atoms with van der Waals surface area (Å²) in [6.07, 6.45) is 3.91. The molecule has 1 spiro atoms. The summed E-state index contributed by atoms with van der Waals surface area (Å²) in [5.41, 5.74) is 6.68. The molecular weight excluding hydrogens is 516 g/mol. The van der Waals surface area contributed by atoms with Gasteiger partial charge in [0, 0.05) is 53.2 Å². The Hall–Kier alpha value is -4.87. The lowest BCUT2D eigenvalue weighted by molar-refractivity contribution is -0.117. The molecule has 11 heteroatoms. The Balaban J connectivity index is 1.22. The van der Waals surface area contributed by atoms with Crippen molar-refractivity contribution >= 4 is 23.5 Å². The van der Waals surface area contributed by atoms with E-state index in [0.717, 1.165) is 25.0 Å². The van der Waals surface area contributed by atoms with Crippen LogP contribution in [0.3, 0.4) is 0 Å². The van der Waals surface area contributed by atoms with E-state index in [9.17, 15) is 24.6 Å². The van der Waals surface area contributed by atoms with Crippen LogP contribution in [0.4, 0.5) is 5.69 Å². The first-order valence-electron chi connectivity index (χ1n) is 12.7. The van der Waals surface area contributed by atoms with Gasteiger partial charge in [-0.3, -0.25) is 9.59 Å². The number of anilines is 1. The average Bonchev–Trinajstić information content (AvgIpc) is 3.59. The molecule has 3 aromatic carbocycles. The van der Waals surface area contributed by atoms with Gasteiger partial charge in [0.15, 0.2) is 5.60 Å². The number of carbonyl (C=O) groups is 3. The Morgan fingerprint density at radius 3 is 2.17 bits per heavy atom. The number of hydrogen-bond acceptors (Lipinski definition) is 9. The zero-order valence-electron chi connectivity index (χ0n) is 21.4. The second-order valence-corrected chi connectivity index (χ2v) is 10.1. The number of fused-ring (bicyclic) bond motifs is 6. The van der Waals surface area contributed by atoms with Crippen molar-refractivity contribution in [2.24, 2.45) is 0 Å². The number of phenols is 2. The van der Waals surface area contributed by atoms with E-state index in [1.807, 2.05) is 6.92 Å². The monoisotopic (exact) mass is 542 g/mol. The average molecular weight is 543 g/mol. The number of hydrazine groups is 1. The summed E-state index contributed by atoms with van der Waals surface area (Å²) in [4.78, 5) is 37.7.